The van der Waals surface area contributed by atoms with E-state index >= 15 is 0 Å². The van der Waals surface area contributed by atoms with Crippen molar-refractivity contribution in [2.75, 3.05) is 6.54 Å². The van der Waals surface area contributed by atoms with Crippen LogP contribution >= 0.6 is 0 Å². The zero-order valence-electron chi connectivity index (χ0n) is 11.1. The molecule has 1 aromatic carbocycles. The van der Waals surface area contributed by atoms with Crippen molar-refractivity contribution in [3.05, 3.63) is 35.9 Å². The Hall–Kier alpha value is -1.09. The first-order chi connectivity index (χ1) is 8.05. The smallest absolute Gasteiger partial charge is 0.251 e. The quantitative estimate of drug-likeness (QED) is 0.606. The van der Waals surface area contributed by atoms with Crippen molar-refractivity contribution < 1.29 is 4.79 Å². The fraction of sp³-hybridized carbons (Fsp3) is 0.500. The predicted octanol–water partition coefficient (Wildman–Crippen LogP) is 3.53. The fourth-order valence-electron chi connectivity index (χ4n) is 1.64. The summed E-state index contributed by atoms with van der Waals surface area (Å²) in [5.74, 6) is 0.0431. The zero-order chi connectivity index (χ0) is 12.7. The van der Waals surface area contributed by atoms with E-state index in [-0.39, 0.29) is 5.91 Å². The molecule has 0 radical (unpaired) electrons. The Morgan fingerprint density at radius 3 is 2.47 bits per heavy atom. The predicted molar refractivity (Wildman–Crippen MR) is 76.2 cm³/mol. The van der Waals surface area contributed by atoms with Gasteiger partial charge in [-0.3, -0.25) is 4.79 Å². The number of hydrogen-bond donors (Lipinski definition) is 1. The summed E-state index contributed by atoms with van der Waals surface area (Å²) in [5, 5.41) is 2.98. The van der Waals surface area contributed by atoms with Gasteiger partial charge in [-0.05, 0) is 18.6 Å². The van der Waals surface area contributed by atoms with Gasteiger partial charge in [-0.15, -0.1) is 0 Å². The second kappa shape index (κ2) is 6.60. The number of carbonyl (C=O) groups is 1. The molecule has 0 spiro atoms. The molecule has 0 aliphatic rings. The molecule has 1 amide bonds. The van der Waals surface area contributed by atoms with E-state index < -0.39 is 8.07 Å². The Morgan fingerprint density at radius 2 is 1.88 bits per heavy atom. The summed E-state index contributed by atoms with van der Waals surface area (Å²) in [6.07, 6.45) is 1.10. The van der Waals surface area contributed by atoms with Gasteiger partial charge in [0.05, 0.1) is 0 Å². The van der Waals surface area contributed by atoms with Gasteiger partial charge in [0.1, 0.15) is 0 Å². The summed E-state index contributed by atoms with van der Waals surface area (Å²) in [6, 6.07) is 12.0. The highest BCUT2D eigenvalue weighted by Gasteiger charge is 2.16. The van der Waals surface area contributed by atoms with Crippen LogP contribution in [0.4, 0.5) is 0 Å². The van der Waals surface area contributed by atoms with E-state index in [4.69, 9.17) is 0 Å². The third-order valence-electron chi connectivity index (χ3n) is 3.31. The molecule has 0 aliphatic heterocycles. The fourth-order valence-corrected chi connectivity index (χ4v) is 3.12. The Balaban J connectivity index is 2.26. The normalized spacial score (nSPS) is 11.2. The number of rotatable bonds is 6. The first-order valence-electron chi connectivity index (χ1n) is 6.38. The molecule has 1 rings (SSSR count). The molecule has 0 heterocycles. The van der Waals surface area contributed by atoms with E-state index in [1.165, 1.54) is 12.1 Å². The third-order valence-corrected chi connectivity index (χ3v) is 6.93. The molecule has 0 fully saturated rings. The Morgan fingerprint density at radius 1 is 1.24 bits per heavy atom. The number of hydrogen-bond acceptors (Lipinski definition) is 1. The van der Waals surface area contributed by atoms with Gasteiger partial charge >= 0.3 is 0 Å². The van der Waals surface area contributed by atoms with Gasteiger partial charge in [0, 0.05) is 20.2 Å². The van der Waals surface area contributed by atoms with Gasteiger partial charge in [0.2, 0.25) is 0 Å². The maximum absolute atomic E-state index is 11.7. The van der Waals surface area contributed by atoms with Crippen LogP contribution in [0.3, 0.4) is 0 Å². The maximum atomic E-state index is 11.7. The van der Waals surface area contributed by atoms with Crippen LogP contribution in [-0.2, 0) is 0 Å². The number of amides is 1. The summed E-state index contributed by atoms with van der Waals surface area (Å²) >= 11 is 0. The minimum Gasteiger partial charge on any atom is -0.352 e. The van der Waals surface area contributed by atoms with Crippen molar-refractivity contribution in [3.63, 3.8) is 0 Å². The van der Waals surface area contributed by atoms with Gasteiger partial charge < -0.3 is 5.32 Å². The monoisotopic (exact) mass is 249 g/mol. The molecule has 0 aliphatic carbocycles. The second-order valence-corrected chi connectivity index (χ2v) is 10.8. The highest BCUT2D eigenvalue weighted by atomic mass is 28.3. The lowest BCUT2D eigenvalue weighted by Gasteiger charge is -2.19. The van der Waals surface area contributed by atoms with Gasteiger partial charge in [-0.1, -0.05) is 50.3 Å². The first-order valence-corrected chi connectivity index (χ1v) is 9.80. The molecule has 0 unspecified atom stereocenters. The molecule has 3 heteroatoms. The van der Waals surface area contributed by atoms with Crippen molar-refractivity contribution >= 4 is 14.0 Å². The SMILES string of the molecule is CC[Si](C)(C)CCCNC(=O)c1ccccc1. The molecule has 0 saturated heterocycles. The van der Waals surface area contributed by atoms with Crippen LogP contribution in [0.1, 0.15) is 23.7 Å². The van der Waals surface area contributed by atoms with Gasteiger partial charge in [0.25, 0.3) is 5.91 Å². The van der Waals surface area contributed by atoms with Gasteiger partial charge in [0.15, 0.2) is 0 Å². The molecule has 0 bridgehead atoms. The Labute approximate surface area is 105 Å². The number of nitrogens with one attached hydrogen (secondary N) is 1. The minimum absolute atomic E-state index is 0.0431. The Kier molecular flexibility index (Phi) is 5.42. The summed E-state index contributed by atoms with van der Waals surface area (Å²) < 4.78 is 0. The van der Waals surface area contributed by atoms with E-state index in [1.807, 2.05) is 30.3 Å². The second-order valence-electron chi connectivity index (χ2n) is 5.24. The van der Waals surface area contributed by atoms with Crippen LogP contribution in [0, 0.1) is 0 Å². The topological polar surface area (TPSA) is 29.1 Å². The molecule has 1 aromatic rings. The van der Waals surface area contributed by atoms with Crippen molar-refractivity contribution in [3.8, 4) is 0 Å². The zero-order valence-corrected chi connectivity index (χ0v) is 12.1. The van der Waals surface area contributed by atoms with Crippen LogP contribution in [0.2, 0.25) is 25.2 Å². The van der Waals surface area contributed by atoms with Crippen molar-refractivity contribution in [1.29, 1.82) is 0 Å². The molecule has 0 saturated carbocycles. The van der Waals surface area contributed by atoms with Crippen LogP contribution < -0.4 is 5.32 Å². The lowest BCUT2D eigenvalue weighted by Crippen LogP contribution is -2.28. The highest BCUT2D eigenvalue weighted by molar-refractivity contribution is 6.77. The molecular formula is C14H23NOSi. The molecule has 0 aromatic heterocycles. The summed E-state index contributed by atoms with van der Waals surface area (Å²) in [7, 11) is -0.980. The van der Waals surface area contributed by atoms with Crippen molar-refractivity contribution in [1.82, 2.24) is 5.32 Å². The van der Waals surface area contributed by atoms with Gasteiger partial charge in [-0.25, -0.2) is 0 Å². The van der Waals surface area contributed by atoms with Crippen LogP contribution in [-0.4, -0.2) is 20.5 Å². The third kappa shape index (κ3) is 5.17. The van der Waals surface area contributed by atoms with E-state index in [2.05, 4.69) is 25.3 Å². The minimum atomic E-state index is -0.980. The molecular weight excluding hydrogens is 226 g/mol. The maximum Gasteiger partial charge on any atom is 0.251 e. The highest BCUT2D eigenvalue weighted by Crippen LogP contribution is 2.15. The van der Waals surface area contributed by atoms with Crippen molar-refractivity contribution in [2.24, 2.45) is 0 Å². The largest absolute Gasteiger partial charge is 0.352 e. The summed E-state index contributed by atoms with van der Waals surface area (Å²) in [6.45, 7) is 7.89. The van der Waals surface area contributed by atoms with Crippen LogP contribution in [0.15, 0.2) is 30.3 Å². The van der Waals surface area contributed by atoms with E-state index in [0.717, 1.165) is 18.5 Å². The molecule has 2 nitrogen and oxygen atoms in total. The number of carbonyl (C=O) groups excluding carboxylic acids is 1. The molecule has 1 N–H and O–H groups in total. The van der Waals surface area contributed by atoms with Crippen molar-refractivity contribution in [2.45, 2.75) is 38.5 Å². The van der Waals surface area contributed by atoms with Crippen LogP contribution in [0.5, 0.6) is 0 Å². The van der Waals surface area contributed by atoms with Gasteiger partial charge in [-0.2, -0.15) is 0 Å². The van der Waals surface area contributed by atoms with E-state index in [1.54, 1.807) is 0 Å². The molecule has 0 atom stereocenters. The van der Waals surface area contributed by atoms with E-state index in [9.17, 15) is 4.79 Å². The average Bonchev–Trinajstić information content (AvgIpc) is 2.35. The molecule has 94 valence electrons. The molecule has 17 heavy (non-hydrogen) atoms. The summed E-state index contributed by atoms with van der Waals surface area (Å²) in [5.41, 5.74) is 0.750. The van der Waals surface area contributed by atoms with Crippen LogP contribution in [0.25, 0.3) is 0 Å². The average molecular weight is 249 g/mol. The Bertz CT molecular complexity index is 348. The van der Waals surface area contributed by atoms with E-state index in [0.29, 0.717) is 0 Å². The number of benzene rings is 1. The first kappa shape index (κ1) is 14.0. The lowest BCUT2D eigenvalue weighted by molar-refractivity contribution is 0.0953. The lowest BCUT2D eigenvalue weighted by atomic mass is 10.2. The summed E-state index contributed by atoms with van der Waals surface area (Å²) in [4.78, 5) is 11.7. The standard InChI is InChI=1S/C14H23NOSi/c1-4-17(2,3)12-8-11-15-14(16)13-9-6-5-7-10-13/h5-7,9-10H,4,8,11-12H2,1-3H3,(H,15,16).